The molecule has 0 radical (unpaired) electrons. The van der Waals surface area contributed by atoms with Crippen LogP contribution in [0.2, 0.25) is 0 Å². The average Bonchev–Trinajstić information content (AvgIpc) is 1.70. The molecule has 5 N–H and O–H groups in total. The van der Waals surface area contributed by atoms with E-state index >= 15 is 0 Å². The summed E-state index contributed by atoms with van der Waals surface area (Å²) < 4.78 is 26.1. The van der Waals surface area contributed by atoms with Crippen LogP contribution in [0.4, 0.5) is 14.4 Å². The molecule has 0 spiro atoms. The smallest absolute Gasteiger partial charge is 0.870 e. The second-order valence-electron chi connectivity index (χ2n) is 28.5. The molecule has 0 bridgehead atoms. The number of Topliss-reactive ketones (excluding diaryl/α,β-unsaturated/α-hetero) is 1. The van der Waals surface area contributed by atoms with Crippen LogP contribution in [0.1, 0.15) is 150 Å². The monoisotopic (exact) mass is 1480 g/mol. The maximum atomic E-state index is 13.4. The Morgan fingerprint density at radius 1 is 0.422 bits per heavy atom. The molecular weight excluding hydrogens is 1380 g/mol. The number of primary amides is 1. The number of esters is 1. The number of ether oxygens (including phenoxy) is 4. The van der Waals surface area contributed by atoms with E-state index in [0.29, 0.717) is 73.4 Å². The first-order chi connectivity index (χ1) is 50.7. The van der Waals surface area contributed by atoms with Gasteiger partial charge in [0.2, 0.25) is 5.78 Å². The van der Waals surface area contributed by atoms with E-state index in [0.717, 1.165) is 44.6 Å². The Hall–Kier alpha value is -11.9. The number of nitrogens with two attached hydrogens (primary N) is 1. The fraction of sp³-hybridized carbons (Fsp3) is 0.289. The van der Waals surface area contributed by atoms with Gasteiger partial charge in [0.15, 0.2) is 11.4 Å². The molecule has 0 saturated carbocycles. The Balaban J connectivity index is 0.000000259. The minimum atomic E-state index is -1.14. The predicted molar refractivity (Wildman–Crippen MR) is 407 cm³/mol. The zero-order valence-corrected chi connectivity index (χ0v) is 64.1. The van der Waals surface area contributed by atoms with Crippen LogP contribution in [0.15, 0.2) is 212 Å². The van der Waals surface area contributed by atoms with Gasteiger partial charge in [0, 0.05) is 45.7 Å². The quantitative estimate of drug-likeness (QED) is 0.0232. The van der Waals surface area contributed by atoms with Gasteiger partial charge in [-0.25, -0.2) is 38.0 Å². The number of methoxy groups -OCH3 is 1. The minimum absolute atomic E-state index is 0. The van der Waals surface area contributed by atoms with Gasteiger partial charge < -0.3 is 40.6 Å². The molecule has 10 rings (SSSR count). The van der Waals surface area contributed by atoms with Crippen LogP contribution in [-0.2, 0) is 74.2 Å². The van der Waals surface area contributed by atoms with E-state index in [9.17, 15) is 43.5 Å². The first-order valence-corrected chi connectivity index (χ1v) is 34.7. The fourth-order valence-corrected chi connectivity index (χ4v) is 11.0. The van der Waals surface area contributed by atoms with Gasteiger partial charge in [0.1, 0.15) is 28.5 Å². The Labute approximate surface area is 647 Å². The number of carbonyl (C=O) groups is 8. The summed E-state index contributed by atoms with van der Waals surface area (Å²) in [6.45, 7) is 24.1. The first-order valence-electron chi connectivity index (χ1n) is 34.7. The van der Waals surface area contributed by atoms with E-state index < -0.39 is 64.6 Å². The summed E-state index contributed by atoms with van der Waals surface area (Å²) in [5, 5.41) is 25.2. The third-order valence-electron chi connectivity index (χ3n) is 15.8. The fourth-order valence-electron chi connectivity index (χ4n) is 11.0. The molecule has 0 aliphatic heterocycles. The third-order valence-corrected chi connectivity index (χ3v) is 15.8. The Morgan fingerprint density at radius 3 is 0.972 bits per heavy atom. The molecule has 3 aromatic heterocycles. The van der Waals surface area contributed by atoms with Crippen molar-refractivity contribution in [1.29, 1.82) is 0 Å². The van der Waals surface area contributed by atoms with Crippen molar-refractivity contribution >= 4 is 47.8 Å². The summed E-state index contributed by atoms with van der Waals surface area (Å²) in [5.41, 5.74) is 14.4. The molecule has 0 fully saturated rings. The van der Waals surface area contributed by atoms with Crippen molar-refractivity contribution in [3.8, 4) is 17.1 Å². The zero-order chi connectivity index (χ0) is 77.8. The number of carboxylic acids is 1. The number of nitrogens with zero attached hydrogens (tertiary/aromatic N) is 9. The number of aromatic nitrogens is 6. The topological polar surface area (TPSA) is 325 Å². The predicted octanol–water partition coefficient (Wildman–Crippen LogP) is 11.1. The van der Waals surface area contributed by atoms with E-state index in [4.69, 9.17) is 24.7 Å². The zero-order valence-electron chi connectivity index (χ0n) is 64.1. The van der Waals surface area contributed by atoms with Crippen molar-refractivity contribution in [3.05, 3.63) is 285 Å². The summed E-state index contributed by atoms with van der Waals surface area (Å²) >= 11 is 0. The Bertz CT molecular complexity index is 4670. The van der Waals surface area contributed by atoms with Crippen LogP contribution in [-0.4, -0.2) is 132 Å². The number of carboxylic acid groups (broad SMARTS) is 1. The largest absolute Gasteiger partial charge is 1.00 e. The van der Waals surface area contributed by atoms with Crippen molar-refractivity contribution in [2.24, 2.45) is 5.73 Å². The molecular formula is C83H94LiN11O14. The van der Waals surface area contributed by atoms with Crippen molar-refractivity contribution < 1.29 is 86.7 Å². The van der Waals surface area contributed by atoms with Crippen LogP contribution in [0.25, 0.3) is 17.1 Å². The Morgan fingerprint density at radius 2 is 0.688 bits per heavy atom. The summed E-state index contributed by atoms with van der Waals surface area (Å²) in [7, 11) is 1.34. The third kappa shape index (κ3) is 26.5. The molecule has 0 unspecified atom stereocenters. The standard InChI is InChI=1S/C34H37N5O5.C25H29N3O4.C24H27N3O4.Li.H2O/c1-23-19-29(32(42)36-28(30(40)31(35)41)20-24-11-7-5-8-12-24)39(37-23)27-17-15-26(16-18-27)22-38(33(43)44-34(2,3)4)21-25-13-9-6-10-14-25;1-18-15-22(23(29)31-5)28(26-18)21-13-11-20(12-14-21)17-27(24(30)32-25(2,3)4)16-19-9-7-6-8-10-19;1-17-14-21(22(28)29)27(25-17)20-12-10-19(11-13-20)16-26(23(30)31-24(2,3)4)15-18-8-6-5-7-9-18;;/h5-19,28H,20-22H2,1-4H3,(H2,35,41)(H,36,42);6-15H,16-17H2,1-5H3;5-14H,15-16H2,1-4H3,(H,28,29);;1H2/q;;;+1;/p-1/t28-;;;;/m0..../s1. The number of amides is 5. The van der Waals surface area contributed by atoms with E-state index in [2.05, 4.69) is 20.6 Å². The van der Waals surface area contributed by atoms with Crippen molar-refractivity contribution in [3.63, 3.8) is 0 Å². The van der Waals surface area contributed by atoms with Crippen LogP contribution in [0.3, 0.4) is 0 Å². The van der Waals surface area contributed by atoms with Gasteiger partial charge in [-0.05, 0) is 177 Å². The molecule has 3 heterocycles. The molecule has 0 aliphatic carbocycles. The van der Waals surface area contributed by atoms with Gasteiger partial charge in [0.05, 0.1) is 41.3 Å². The van der Waals surface area contributed by atoms with Crippen molar-refractivity contribution in [2.75, 3.05) is 7.11 Å². The van der Waals surface area contributed by atoms with Gasteiger partial charge in [-0.1, -0.05) is 158 Å². The Kier molecular flexibility index (Phi) is 30.8. The molecule has 0 aliphatic rings. The number of ketones is 1. The number of rotatable bonds is 23. The van der Waals surface area contributed by atoms with Gasteiger partial charge in [-0.15, -0.1) is 0 Å². The number of aryl methyl sites for hydroxylation is 3. The van der Waals surface area contributed by atoms with Gasteiger partial charge in [-0.2, -0.15) is 15.3 Å². The van der Waals surface area contributed by atoms with Crippen LogP contribution < -0.4 is 29.9 Å². The maximum Gasteiger partial charge on any atom is 1.00 e. The number of hydrogen-bond donors (Lipinski definition) is 3. The number of benzene rings is 7. The molecule has 5 amide bonds. The second-order valence-corrected chi connectivity index (χ2v) is 28.5. The van der Waals surface area contributed by atoms with Gasteiger partial charge in [0.25, 0.3) is 11.8 Å². The average molecular weight is 1480 g/mol. The van der Waals surface area contributed by atoms with Crippen molar-refractivity contribution in [1.82, 2.24) is 49.4 Å². The molecule has 1 atom stereocenters. The molecule has 566 valence electrons. The van der Waals surface area contributed by atoms with Crippen LogP contribution >= 0.6 is 0 Å². The van der Waals surface area contributed by atoms with E-state index in [-0.39, 0.29) is 48.2 Å². The van der Waals surface area contributed by atoms with E-state index in [1.54, 1.807) is 93.9 Å². The first kappa shape index (κ1) is 86.0. The normalized spacial score (nSPS) is 11.2. The summed E-state index contributed by atoms with van der Waals surface area (Å²) in [6, 6.07) is 64.1. The van der Waals surface area contributed by atoms with E-state index in [1.807, 2.05) is 215 Å². The van der Waals surface area contributed by atoms with Gasteiger partial charge in [-0.3, -0.25) is 29.1 Å². The minimum Gasteiger partial charge on any atom is -0.870 e. The second kappa shape index (κ2) is 39.1. The number of nitrogens with one attached hydrogen (secondary N) is 1. The molecule has 0 saturated heterocycles. The SMILES string of the molecule is COC(=O)c1cc(C)nn1-c1ccc(CN(Cc2ccccc2)C(=O)OC(C)(C)C)cc1.Cc1cc(C(=O)N[C@@H](Cc2ccccc2)C(=O)C(N)=O)n(-c2ccc(CN(Cc3ccccc3)C(=O)OC(C)(C)C)cc2)n1.Cc1cc(C(=O)O)n(-c2ccc(CN(Cc3ccccc3)C(=O)OC(C)(C)C)cc2)n1.[Li+].[OH-]. The van der Waals surface area contributed by atoms with E-state index in [1.165, 1.54) is 22.5 Å². The summed E-state index contributed by atoms with van der Waals surface area (Å²) in [4.78, 5) is 105. The van der Waals surface area contributed by atoms with Crippen molar-refractivity contribution in [2.45, 2.75) is 152 Å². The molecule has 109 heavy (non-hydrogen) atoms. The molecule has 10 aromatic rings. The molecule has 7 aromatic carbocycles. The van der Waals surface area contributed by atoms with Crippen LogP contribution in [0, 0.1) is 20.8 Å². The maximum absolute atomic E-state index is 13.4. The number of aromatic carboxylic acids is 1. The summed E-state index contributed by atoms with van der Waals surface area (Å²) in [6.07, 6.45) is -1.09. The molecule has 25 nitrogen and oxygen atoms in total. The van der Waals surface area contributed by atoms with Gasteiger partial charge >= 0.3 is 49.1 Å². The van der Waals surface area contributed by atoms with Crippen LogP contribution in [0.5, 0.6) is 0 Å². The number of hydrogen-bond acceptors (Lipinski definition) is 16. The summed E-state index contributed by atoms with van der Waals surface area (Å²) in [5.74, 6) is -4.08. The number of carbonyl (C=O) groups excluding carboxylic acids is 7. The molecule has 26 heteroatoms.